The molecule has 0 atom stereocenters. The van der Waals surface area contributed by atoms with Gasteiger partial charge in [-0.15, -0.1) is 0 Å². The summed E-state index contributed by atoms with van der Waals surface area (Å²) in [5.74, 6) is -0.572. The molecule has 0 saturated carbocycles. The third-order valence-electron chi connectivity index (χ3n) is 1.51. The predicted octanol–water partition coefficient (Wildman–Crippen LogP) is -0.405. The van der Waals surface area contributed by atoms with Crippen molar-refractivity contribution in [2.24, 2.45) is 5.73 Å². The zero-order chi connectivity index (χ0) is 9.14. The molecule has 12 heavy (non-hydrogen) atoms. The number of hydrogen-bond acceptors (Lipinski definition) is 2. The third kappa shape index (κ3) is 1.29. The monoisotopic (exact) mass is 167 g/mol. The molecule has 1 rings (SSSR count). The Morgan fingerprint density at radius 3 is 2.83 bits per heavy atom. The number of nitrogens with one attached hydrogen (secondary N) is 1. The number of aryl methyl sites for hydroxylation is 1. The summed E-state index contributed by atoms with van der Waals surface area (Å²) in [7, 11) is 0. The van der Waals surface area contributed by atoms with E-state index in [1.54, 1.807) is 19.1 Å². The van der Waals surface area contributed by atoms with Gasteiger partial charge in [-0.3, -0.25) is 19.7 Å². The Balaban J connectivity index is 3.11. The van der Waals surface area contributed by atoms with E-state index in [2.05, 4.69) is 5.43 Å². The minimum Gasteiger partial charge on any atom is -0.364 e. The minimum atomic E-state index is -0.572. The van der Waals surface area contributed by atoms with Crippen molar-refractivity contribution in [1.82, 2.24) is 4.68 Å². The molecule has 0 spiro atoms. The van der Waals surface area contributed by atoms with Crippen LogP contribution in [0.2, 0.25) is 0 Å². The SMILES string of the molecule is Cc1ccc(C(N)=O)n1NC=O. The van der Waals surface area contributed by atoms with Crippen LogP contribution in [0.4, 0.5) is 0 Å². The molecule has 0 aliphatic rings. The van der Waals surface area contributed by atoms with Crippen molar-refractivity contribution < 1.29 is 9.59 Å². The fourth-order valence-electron chi connectivity index (χ4n) is 0.955. The smallest absolute Gasteiger partial charge is 0.267 e. The van der Waals surface area contributed by atoms with Gasteiger partial charge in [-0.05, 0) is 19.1 Å². The largest absolute Gasteiger partial charge is 0.364 e. The topological polar surface area (TPSA) is 77.1 Å². The van der Waals surface area contributed by atoms with Crippen LogP contribution in [0.3, 0.4) is 0 Å². The van der Waals surface area contributed by atoms with Crippen LogP contribution in [0.25, 0.3) is 0 Å². The molecule has 0 bridgehead atoms. The van der Waals surface area contributed by atoms with E-state index < -0.39 is 5.91 Å². The average molecular weight is 167 g/mol. The molecule has 0 fully saturated rings. The lowest BCUT2D eigenvalue weighted by molar-refractivity contribution is -0.106. The van der Waals surface area contributed by atoms with E-state index in [4.69, 9.17) is 5.73 Å². The number of amides is 2. The van der Waals surface area contributed by atoms with E-state index in [0.29, 0.717) is 6.41 Å². The molecule has 5 heteroatoms. The van der Waals surface area contributed by atoms with Crippen molar-refractivity contribution in [2.45, 2.75) is 6.92 Å². The molecule has 0 radical (unpaired) electrons. The van der Waals surface area contributed by atoms with Gasteiger partial charge in [0.1, 0.15) is 5.69 Å². The maximum absolute atomic E-state index is 10.8. The molecule has 1 aromatic heterocycles. The second kappa shape index (κ2) is 3.08. The Morgan fingerprint density at radius 2 is 2.33 bits per heavy atom. The number of carbonyl (C=O) groups excluding carboxylic acids is 2. The highest BCUT2D eigenvalue weighted by atomic mass is 16.2. The number of nitrogens with zero attached hydrogens (tertiary/aromatic N) is 1. The lowest BCUT2D eigenvalue weighted by Crippen LogP contribution is -2.23. The van der Waals surface area contributed by atoms with E-state index in [1.807, 2.05) is 0 Å². The van der Waals surface area contributed by atoms with Crippen molar-refractivity contribution in [3.05, 3.63) is 23.5 Å². The van der Waals surface area contributed by atoms with Crippen molar-refractivity contribution in [1.29, 1.82) is 0 Å². The van der Waals surface area contributed by atoms with Crippen molar-refractivity contribution in [3.8, 4) is 0 Å². The van der Waals surface area contributed by atoms with E-state index in [9.17, 15) is 9.59 Å². The first-order chi connectivity index (χ1) is 5.66. The van der Waals surface area contributed by atoms with Crippen LogP contribution < -0.4 is 11.2 Å². The van der Waals surface area contributed by atoms with E-state index in [-0.39, 0.29) is 5.69 Å². The summed E-state index contributed by atoms with van der Waals surface area (Å²) in [4.78, 5) is 20.9. The molecular weight excluding hydrogens is 158 g/mol. The summed E-state index contributed by atoms with van der Waals surface area (Å²) in [5.41, 5.74) is 8.39. The predicted molar refractivity (Wildman–Crippen MR) is 43.1 cm³/mol. The van der Waals surface area contributed by atoms with Crippen LogP contribution in [0.1, 0.15) is 16.2 Å². The molecule has 1 aromatic rings. The highest BCUT2D eigenvalue weighted by Gasteiger charge is 2.08. The Kier molecular flexibility index (Phi) is 2.14. The number of aromatic nitrogens is 1. The lowest BCUT2D eigenvalue weighted by atomic mass is 10.4. The quantitative estimate of drug-likeness (QED) is 0.600. The van der Waals surface area contributed by atoms with Gasteiger partial charge in [0.25, 0.3) is 5.91 Å². The van der Waals surface area contributed by atoms with Gasteiger partial charge in [0.15, 0.2) is 0 Å². The molecule has 3 N–H and O–H groups in total. The van der Waals surface area contributed by atoms with Gasteiger partial charge >= 0.3 is 0 Å². The fraction of sp³-hybridized carbons (Fsp3) is 0.143. The molecule has 2 amide bonds. The highest BCUT2D eigenvalue weighted by molar-refractivity contribution is 5.91. The van der Waals surface area contributed by atoms with Gasteiger partial charge in [0.05, 0.1) is 0 Å². The molecule has 1 heterocycles. The van der Waals surface area contributed by atoms with E-state index >= 15 is 0 Å². The summed E-state index contributed by atoms with van der Waals surface area (Å²) < 4.78 is 1.33. The number of rotatable bonds is 3. The van der Waals surface area contributed by atoms with Crippen molar-refractivity contribution in [3.63, 3.8) is 0 Å². The van der Waals surface area contributed by atoms with Gasteiger partial charge in [-0.25, -0.2) is 0 Å². The second-order valence-corrected chi connectivity index (χ2v) is 2.31. The average Bonchev–Trinajstić information content (AvgIpc) is 2.34. The molecular formula is C7H9N3O2. The van der Waals surface area contributed by atoms with Crippen LogP contribution in [0, 0.1) is 6.92 Å². The van der Waals surface area contributed by atoms with Gasteiger partial charge in [-0.1, -0.05) is 0 Å². The Morgan fingerprint density at radius 1 is 1.67 bits per heavy atom. The molecule has 0 unspecified atom stereocenters. The minimum absolute atomic E-state index is 0.264. The summed E-state index contributed by atoms with van der Waals surface area (Å²) in [5, 5.41) is 0. The van der Waals surface area contributed by atoms with Gasteiger partial charge in [0, 0.05) is 5.69 Å². The lowest BCUT2D eigenvalue weighted by Gasteiger charge is -2.05. The number of nitrogens with two attached hydrogens (primary N) is 1. The molecule has 64 valence electrons. The Labute approximate surface area is 69.1 Å². The third-order valence-corrected chi connectivity index (χ3v) is 1.51. The second-order valence-electron chi connectivity index (χ2n) is 2.31. The Hall–Kier alpha value is -1.78. The van der Waals surface area contributed by atoms with E-state index in [0.717, 1.165) is 5.69 Å². The summed E-state index contributed by atoms with van der Waals surface area (Å²) in [6.07, 6.45) is 0.486. The molecule has 0 aliphatic heterocycles. The van der Waals surface area contributed by atoms with E-state index in [1.165, 1.54) is 4.68 Å². The molecule has 0 saturated heterocycles. The highest BCUT2D eigenvalue weighted by Crippen LogP contribution is 2.04. The van der Waals surface area contributed by atoms with Crippen LogP contribution in [0.15, 0.2) is 12.1 Å². The van der Waals surface area contributed by atoms with Crippen LogP contribution >= 0.6 is 0 Å². The first kappa shape index (κ1) is 8.32. The summed E-state index contributed by atoms with van der Waals surface area (Å²) in [6.45, 7) is 1.75. The van der Waals surface area contributed by atoms with Crippen LogP contribution in [0.5, 0.6) is 0 Å². The van der Waals surface area contributed by atoms with Gasteiger partial charge in [0.2, 0.25) is 6.41 Å². The number of primary amides is 1. The van der Waals surface area contributed by atoms with Crippen molar-refractivity contribution in [2.75, 3.05) is 5.43 Å². The number of hydrogen-bond donors (Lipinski definition) is 2. The summed E-state index contributed by atoms with van der Waals surface area (Å²) in [6, 6.07) is 3.24. The standard InChI is InChI=1S/C7H9N3O2/c1-5-2-3-6(7(8)12)10(5)9-4-11/h2-4H,1H3,(H2,8,12)(H,9,11). The maximum Gasteiger partial charge on any atom is 0.267 e. The number of carbonyl (C=O) groups is 2. The van der Waals surface area contributed by atoms with Crippen LogP contribution in [-0.2, 0) is 4.79 Å². The molecule has 0 aliphatic carbocycles. The fourth-order valence-corrected chi connectivity index (χ4v) is 0.955. The van der Waals surface area contributed by atoms with Crippen LogP contribution in [-0.4, -0.2) is 17.0 Å². The van der Waals surface area contributed by atoms with Gasteiger partial charge in [-0.2, -0.15) is 0 Å². The maximum atomic E-state index is 10.8. The van der Waals surface area contributed by atoms with Crippen molar-refractivity contribution >= 4 is 12.3 Å². The molecule has 0 aromatic carbocycles. The zero-order valence-corrected chi connectivity index (χ0v) is 6.57. The summed E-state index contributed by atoms with van der Waals surface area (Å²) >= 11 is 0. The Bertz CT molecular complexity index is 316. The molecule has 5 nitrogen and oxygen atoms in total. The first-order valence-corrected chi connectivity index (χ1v) is 3.35. The normalized spacial score (nSPS) is 9.42. The van der Waals surface area contributed by atoms with Gasteiger partial charge < -0.3 is 5.73 Å². The first-order valence-electron chi connectivity index (χ1n) is 3.35. The zero-order valence-electron chi connectivity index (χ0n) is 6.57.